The van der Waals surface area contributed by atoms with Crippen LogP contribution in [0.15, 0.2) is 42.5 Å². The molecule has 0 spiro atoms. The van der Waals surface area contributed by atoms with Crippen LogP contribution < -0.4 is 16.2 Å². The topological polar surface area (TPSA) is 70.2 Å². The molecule has 26 heavy (non-hydrogen) atoms. The molecular formula is C18H17Cl2N3O2S. The predicted octanol–water partition coefficient (Wildman–Crippen LogP) is 4.07. The van der Waals surface area contributed by atoms with Gasteiger partial charge in [0.15, 0.2) is 5.11 Å². The summed E-state index contributed by atoms with van der Waals surface area (Å²) >= 11 is 16.8. The molecule has 0 bridgehead atoms. The number of carbonyl (C=O) groups is 2. The highest BCUT2D eigenvalue weighted by molar-refractivity contribution is 7.80. The van der Waals surface area contributed by atoms with Gasteiger partial charge >= 0.3 is 0 Å². The Bertz CT molecular complexity index is 839. The van der Waals surface area contributed by atoms with E-state index in [0.29, 0.717) is 16.5 Å². The standard InChI is InChI=1S/C18H17Cl2N3O2S/c1-10(2)11-3-5-12(6-4-11)16(24)21-18(26)23-22-17(25)14-8-7-13(19)9-15(14)20/h3-10H,1-2H3,(H,22,25)(H2,21,23,24,26). The molecule has 0 unspecified atom stereocenters. The van der Waals surface area contributed by atoms with Gasteiger partial charge in [-0.3, -0.25) is 25.8 Å². The first kappa shape index (κ1) is 20.2. The van der Waals surface area contributed by atoms with Gasteiger partial charge < -0.3 is 0 Å². The minimum Gasteiger partial charge on any atom is -0.298 e. The Kier molecular flexibility index (Phi) is 6.97. The molecule has 0 aliphatic heterocycles. The number of amides is 2. The van der Waals surface area contributed by atoms with Crippen LogP contribution in [0.4, 0.5) is 0 Å². The number of halogens is 2. The zero-order chi connectivity index (χ0) is 19.3. The summed E-state index contributed by atoms with van der Waals surface area (Å²) in [6, 6.07) is 11.7. The number of thiocarbonyl (C=S) groups is 1. The number of nitrogens with one attached hydrogen (secondary N) is 3. The normalized spacial score (nSPS) is 10.3. The van der Waals surface area contributed by atoms with Crippen LogP contribution in [-0.4, -0.2) is 16.9 Å². The van der Waals surface area contributed by atoms with Gasteiger partial charge in [0.25, 0.3) is 11.8 Å². The quantitative estimate of drug-likeness (QED) is 0.527. The summed E-state index contributed by atoms with van der Waals surface area (Å²) in [5, 5.41) is 3.08. The first-order chi connectivity index (χ1) is 12.3. The molecule has 0 fully saturated rings. The average Bonchev–Trinajstić information content (AvgIpc) is 2.59. The van der Waals surface area contributed by atoms with Crippen LogP contribution in [0, 0.1) is 0 Å². The van der Waals surface area contributed by atoms with Crippen LogP contribution in [-0.2, 0) is 0 Å². The molecule has 0 saturated heterocycles. The molecule has 2 amide bonds. The largest absolute Gasteiger partial charge is 0.298 e. The van der Waals surface area contributed by atoms with Crippen molar-refractivity contribution in [1.29, 1.82) is 0 Å². The Labute approximate surface area is 167 Å². The maximum atomic E-state index is 12.2. The van der Waals surface area contributed by atoms with E-state index >= 15 is 0 Å². The SMILES string of the molecule is CC(C)c1ccc(C(=O)NC(=S)NNC(=O)c2ccc(Cl)cc2Cl)cc1. The molecule has 0 aliphatic carbocycles. The van der Waals surface area contributed by atoms with Gasteiger partial charge in [0.05, 0.1) is 10.6 Å². The molecule has 0 aromatic heterocycles. The van der Waals surface area contributed by atoms with Crippen molar-refractivity contribution >= 4 is 52.3 Å². The van der Waals surface area contributed by atoms with E-state index in [1.54, 1.807) is 18.2 Å². The van der Waals surface area contributed by atoms with Crippen LogP contribution >= 0.6 is 35.4 Å². The van der Waals surface area contributed by atoms with Crippen molar-refractivity contribution in [2.75, 3.05) is 0 Å². The van der Waals surface area contributed by atoms with Crippen LogP contribution in [0.5, 0.6) is 0 Å². The molecule has 2 rings (SSSR count). The summed E-state index contributed by atoms with van der Waals surface area (Å²) in [5.41, 5.74) is 6.65. The number of carbonyl (C=O) groups excluding carboxylic acids is 2. The molecule has 3 N–H and O–H groups in total. The van der Waals surface area contributed by atoms with E-state index < -0.39 is 5.91 Å². The van der Waals surface area contributed by atoms with E-state index in [-0.39, 0.29) is 21.6 Å². The second-order valence-electron chi connectivity index (χ2n) is 5.76. The monoisotopic (exact) mass is 409 g/mol. The summed E-state index contributed by atoms with van der Waals surface area (Å²) in [6.45, 7) is 4.15. The van der Waals surface area contributed by atoms with Gasteiger partial charge in [0, 0.05) is 10.6 Å². The average molecular weight is 410 g/mol. The lowest BCUT2D eigenvalue weighted by molar-refractivity contribution is 0.0934. The summed E-state index contributed by atoms with van der Waals surface area (Å²) in [5.74, 6) is -0.508. The van der Waals surface area contributed by atoms with Gasteiger partial charge in [-0.05, 0) is 54.0 Å². The number of rotatable bonds is 3. The Balaban J connectivity index is 1.89. The third-order valence-corrected chi connectivity index (χ3v) is 4.28. The predicted molar refractivity (Wildman–Crippen MR) is 108 cm³/mol. The van der Waals surface area contributed by atoms with Crippen molar-refractivity contribution < 1.29 is 9.59 Å². The van der Waals surface area contributed by atoms with E-state index in [9.17, 15) is 9.59 Å². The molecule has 2 aromatic carbocycles. The van der Waals surface area contributed by atoms with Crippen LogP contribution in [0.2, 0.25) is 10.0 Å². The van der Waals surface area contributed by atoms with Crippen molar-refractivity contribution in [3.8, 4) is 0 Å². The molecule has 5 nitrogen and oxygen atoms in total. The number of hydrazine groups is 1. The molecule has 136 valence electrons. The minimum atomic E-state index is -0.510. The van der Waals surface area contributed by atoms with Crippen molar-refractivity contribution in [2.45, 2.75) is 19.8 Å². The fourth-order valence-electron chi connectivity index (χ4n) is 2.08. The van der Waals surface area contributed by atoms with Gasteiger partial charge in [-0.1, -0.05) is 49.2 Å². The highest BCUT2D eigenvalue weighted by Gasteiger charge is 2.12. The lowest BCUT2D eigenvalue weighted by Crippen LogP contribution is -2.48. The molecule has 0 saturated carbocycles. The second kappa shape index (κ2) is 8.98. The van der Waals surface area contributed by atoms with Crippen LogP contribution in [0.25, 0.3) is 0 Å². The maximum absolute atomic E-state index is 12.2. The first-order valence-electron chi connectivity index (χ1n) is 7.74. The van der Waals surface area contributed by atoms with E-state index in [4.69, 9.17) is 35.4 Å². The van der Waals surface area contributed by atoms with Crippen LogP contribution in [0.3, 0.4) is 0 Å². The van der Waals surface area contributed by atoms with E-state index in [0.717, 1.165) is 5.56 Å². The van der Waals surface area contributed by atoms with Gasteiger partial charge in [-0.25, -0.2) is 0 Å². The summed E-state index contributed by atoms with van der Waals surface area (Å²) in [6.07, 6.45) is 0. The summed E-state index contributed by atoms with van der Waals surface area (Å²) < 4.78 is 0. The third-order valence-electron chi connectivity index (χ3n) is 3.53. The second-order valence-corrected chi connectivity index (χ2v) is 7.02. The summed E-state index contributed by atoms with van der Waals surface area (Å²) in [4.78, 5) is 24.2. The number of hydrogen-bond acceptors (Lipinski definition) is 3. The lowest BCUT2D eigenvalue weighted by atomic mass is 10.0. The summed E-state index contributed by atoms with van der Waals surface area (Å²) in [7, 11) is 0. The molecule has 0 radical (unpaired) electrons. The van der Waals surface area contributed by atoms with Gasteiger partial charge in [0.2, 0.25) is 0 Å². The lowest BCUT2D eigenvalue weighted by Gasteiger charge is -2.12. The molecule has 8 heteroatoms. The van der Waals surface area contributed by atoms with Crippen molar-refractivity contribution in [1.82, 2.24) is 16.2 Å². The van der Waals surface area contributed by atoms with Crippen molar-refractivity contribution in [2.24, 2.45) is 0 Å². The maximum Gasteiger partial charge on any atom is 0.271 e. The van der Waals surface area contributed by atoms with Gasteiger partial charge in [0.1, 0.15) is 0 Å². The highest BCUT2D eigenvalue weighted by atomic mass is 35.5. The zero-order valence-corrected chi connectivity index (χ0v) is 16.4. The fourth-order valence-corrected chi connectivity index (χ4v) is 2.72. The minimum absolute atomic E-state index is 0.0404. The molecule has 0 aliphatic rings. The number of benzene rings is 2. The fraction of sp³-hybridized carbons (Fsp3) is 0.167. The third kappa shape index (κ3) is 5.42. The number of hydrogen-bond donors (Lipinski definition) is 3. The Morgan fingerprint density at radius 3 is 2.19 bits per heavy atom. The molecular weight excluding hydrogens is 393 g/mol. The Morgan fingerprint density at radius 1 is 0.962 bits per heavy atom. The molecule has 0 heterocycles. The Morgan fingerprint density at radius 2 is 1.62 bits per heavy atom. The molecule has 2 aromatic rings. The van der Waals surface area contributed by atoms with E-state index in [2.05, 4.69) is 30.0 Å². The van der Waals surface area contributed by atoms with E-state index in [1.165, 1.54) is 12.1 Å². The first-order valence-corrected chi connectivity index (χ1v) is 8.91. The molecule has 0 atom stereocenters. The van der Waals surface area contributed by atoms with Crippen molar-refractivity contribution in [3.63, 3.8) is 0 Å². The van der Waals surface area contributed by atoms with Crippen LogP contribution in [0.1, 0.15) is 46.0 Å². The Hall–Kier alpha value is -2.15. The van der Waals surface area contributed by atoms with Gasteiger partial charge in [-0.2, -0.15) is 0 Å². The van der Waals surface area contributed by atoms with Gasteiger partial charge in [-0.15, -0.1) is 0 Å². The zero-order valence-electron chi connectivity index (χ0n) is 14.1. The van der Waals surface area contributed by atoms with Crippen molar-refractivity contribution in [3.05, 3.63) is 69.2 Å². The smallest absolute Gasteiger partial charge is 0.271 e. The highest BCUT2D eigenvalue weighted by Crippen LogP contribution is 2.20. The van der Waals surface area contributed by atoms with E-state index in [1.807, 2.05) is 12.1 Å².